The van der Waals surface area contributed by atoms with Gasteiger partial charge in [0.2, 0.25) is 0 Å². The van der Waals surface area contributed by atoms with Crippen molar-refractivity contribution in [3.8, 4) is 11.4 Å². The van der Waals surface area contributed by atoms with Crippen molar-refractivity contribution in [1.29, 1.82) is 0 Å². The van der Waals surface area contributed by atoms with Gasteiger partial charge in [-0.05, 0) is 24.8 Å². The Morgan fingerprint density at radius 2 is 2.00 bits per heavy atom. The second-order valence-electron chi connectivity index (χ2n) is 3.80. The number of aromatic nitrogens is 2. The molecule has 0 aliphatic rings. The number of nitrogens with zero attached hydrogens (tertiary/aromatic N) is 2. The van der Waals surface area contributed by atoms with Gasteiger partial charge in [-0.15, -0.1) is 6.07 Å². The molecule has 3 heteroatoms. The molecule has 0 N–H and O–H groups in total. The Kier molecular flexibility index (Phi) is 3.41. The smallest absolute Gasteiger partial charge is 0.0455 e. The average molecular weight is 399 g/mol. The van der Waals surface area contributed by atoms with Crippen molar-refractivity contribution >= 4 is 5.52 Å². The van der Waals surface area contributed by atoms with E-state index in [1.807, 2.05) is 36.5 Å². The third-order valence-corrected chi connectivity index (χ3v) is 2.72. The fraction of sp³-hybridized carbons (Fsp3) is 0.0714. The van der Waals surface area contributed by atoms with Crippen molar-refractivity contribution in [2.24, 2.45) is 0 Å². The number of aryl methyl sites for hydroxylation is 1. The molecule has 0 fully saturated rings. The largest absolute Gasteiger partial charge is 0.442 e. The van der Waals surface area contributed by atoms with Gasteiger partial charge in [0.05, 0.1) is 0 Å². The SMILES string of the molecule is Cc1ccc2cc[c-]n2c1-c1ccccn1.[Ir]. The van der Waals surface area contributed by atoms with E-state index in [2.05, 4.69) is 34.6 Å². The summed E-state index contributed by atoms with van der Waals surface area (Å²) >= 11 is 0. The van der Waals surface area contributed by atoms with E-state index in [9.17, 15) is 0 Å². The Hall–Kier alpha value is -1.44. The summed E-state index contributed by atoms with van der Waals surface area (Å²) in [6.45, 7) is 2.09. The zero-order valence-electron chi connectivity index (χ0n) is 9.35. The molecule has 0 saturated heterocycles. The molecule has 0 aliphatic carbocycles. The molecule has 3 rings (SSSR count). The van der Waals surface area contributed by atoms with Gasteiger partial charge in [0.25, 0.3) is 0 Å². The standard InChI is InChI=1S/C14H11N2.Ir/c1-11-7-8-12-5-4-10-16(12)14(11)13-6-2-3-9-15-13;/h2-9H,1H3;/q-1;. The molecule has 0 amide bonds. The Morgan fingerprint density at radius 3 is 2.76 bits per heavy atom. The molecule has 3 heterocycles. The molecule has 0 spiro atoms. The van der Waals surface area contributed by atoms with Crippen molar-refractivity contribution in [2.45, 2.75) is 6.92 Å². The van der Waals surface area contributed by atoms with Crippen LogP contribution in [0.25, 0.3) is 16.9 Å². The van der Waals surface area contributed by atoms with Gasteiger partial charge in [0.15, 0.2) is 0 Å². The summed E-state index contributed by atoms with van der Waals surface area (Å²) < 4.78 is 2.05. The van der Waals surface area contributed by atoms with Crippen LogP contribution in [0.15, 0.2) is 48.7 Å². The van der Waals surface area contributed by atoms with Gasteiger partial charge in [-0.25, -0.2) is 0 Å². The fourth-order valence-electron chi connectivity index (χ4n) is 1.96. The zero-order valence-corrected chi connectivity index (χ0v) is 11.7. The first-order chi connectivity index (χ1) is 7.86. The van der Waals surface area contributed by atoms with Crippen LogP contribution in [0.4, 0.5) is 0 Å². The summed E-state index contributed by atoms with van der Waals surface area (Å²) in [6, 6.07) is 14.1. The average Bonchev–Trinajstić information content (AvgIpc) is 2.78. The predicted molar refractivity (Wildman–Crippen MR) is 64.2 cm³/mol. The monoisotopic (exact) mass is 400 g/mol. The molecule has 1 radical (unpaired) electrons. The summed E-state index contributed by atoms with van der Waals surface area (Å²) in [5.41, 5.74) is 4.45. The fourth-order valence-corrected chi connectivity index (χ4v) is 1.96. The van der Waals surface area contributed by atoms with E-state index in [1.165, 1.54) is 5.56 Å². The van der Waals surface area contributed by atoms with E-state index in [1.54, 1.807) is 0 Å². The zero-order chi connectivity index (χ0) is 11.0. The first-order valence-electron chi connectivity index (χ1n) is 5.26. The normalized spacial score (nSPS) is 10.2. The summed E-state index contributed by atoms with van der Waals surface area (Å²) in [7, 11) is 0. The second kappa shape index (κ2) is 4.82. The van der Waals surface area contributed by atoms with E-state index >= 15 is 0 Å². The number of hydrogen-bond acceptors (Lipinski definition) is 1. The quantitative estimate of drug-likeness (QED) is 0.575. The van der Waals surface area contributed by atoms with Gasteiger partial charge >= 0.3 is 0 Å². The van der Waals surface area contributed by atoms with Crippen molar-refractivity contribution in [3.05, 3.63) is 60.4 Å². The van der Waals surface area contributed by atoms with Gasteiger partial charge < -0.3 is 4.40 Å². The Morgan fingerprint density at radius 1 is 1.12 bits per heavy atom. The van der Waals surface area contributed by atoms with Gasteiger partial charge in [-0.3, -0.25) is 4.98 Å². The molecule has 0 unspecified atom stereocenters. The summed E-state index contributed by atoms with van der Waals surface area (Å²) in [5.74, 6) is 0. The van der Waals surface area contributed by atoms with E-state index in [4.69, 9.17) is 0 Å². The van der Waals surface area contributed by atoms with Crippen molar-refractivity contribution in [2.75, 3.05) is 0 Å². The van der Waals surface area contributed by atoms with Crippen LogP contribution >= 0.6 is 0 Å². The number of pyridine rings is 2. The summed E-state index contributed by atoms with van der Waals surface area (Å²) in [4.78, 5) is 4.40. The molecule has 0 aliphatic heterocycles. The first kappa shape index (κ1) is 12.0. The van der Waals surface area contributed by atoms with Crippen molar-refractivity contribution < 1.29 is 20.1 Å². The second-order valence-corrected chi connectivity index (χ2v) is 3.80. The molecule has 17 heavy (non-hydrogen) atoms. The van der Waals surface area contributed by atoms with Crippen LogP contribution in [0.5, 0.6) is 0 Å². The molecular formula is C14H11IrN2-. The topological polar surface area (TPSA) is 17.3 Å². The molecular weight excluding hydrogens is 388 g/mol. The Bertz CT molecular complexity index is 629. The molecule has 0 aromatic carbocycles. The van der Waals surface area contributed by atoms with Crippen LogP contribution in [0, 0.1) is 13.1 Å². The minimum Gasteiger partial charge on any atom is -0.442 e. The molecule has 2 nitrogen and oxygen atoms in total. The van der Waals surface area contributed by atoms with Crippen LogP contribution in [-0.4, -0.2) is 9.38 Å². The molecule has 3 aromatic heterocycles. The molecule has 0 bridgehead atoms. The Balaban J connectivity index is 0.00000108. The first-order valence-corrected chi connectivity index (χ1v) is 5.26. The van der Waals surface area contributed by atoms with Gasteiger partial charge in [-0.1, -0.05) is 35.5 Å². The predicted octanol–water partition coefficient (Wildman–Crippen LogP) is 3.11. The number of rotatable bonds is 1. The summed E-state index contributed by atoms with van der Waals surface area (Å²) in [6.07, 6.45) is 5.02. The van der Waals surface area contributed by atoms with Crippen molar-refractivity contribution in [3.63, 3.8) is 0 Å². The van der Waals surface area contributed by atoms with Crippen LogP contribution in [0.1, 0.15) is 5.56 Å². The van der Waals surface area contributed by atoms with E-state index < -0.39 is 0 Å². The minimum absolute atomic E-state index is 0. The van der Waals surface area contributed by atoms with Crippen molar-refractivity contribution in [1.82, 2.24) is 9.38 Å². The molecule has 0 atom stereocenters. The third-order valence-electron chi connectivity index (χ3n) is 2.72. The maximum absolute atomic E-state index is 4.40. The molecule has 87 valence electrons. The van der Waals surface area contributed by atoms with Gasteiger partial charge in [0.1, 0.15) is 0 Å². The van der Waals surface area contributed by atoms with Crippen LogP contribution in [0.3, 0.4) is 0 Å². The van der Waals surface area contributed by atoms with E-state index in [-0.39, 0.29) is 20.1 Å². The van der Waals surface area contributed by atoms with Crippen LogP contribution < -0.4 is 0 Å². The van der Waals surface area contributed by atoms with E-state index in [0.29, 0.717) is 0 Å². The van der Waals surface area contributed by atoms with E-state index in [0.717, 1.165) is 16.9 Å². The maximum atomic E-state index is 4.40. The van der Waals surface area contributed by atoms with Crippen LogP contribution in [0.2, 0.25) is 0 Å². The number of fused-ring (bicyclic) bond motifs is 1. The molecule has 0 saturated carbocycles. The number of hydrogen-bond donors (Lipinski definition) is 0. The van der Waals surface area contributed by atoms with Crippen LogP contribution in [-0.2, 0) is 20.1 Å². The van der Waals surface area contributed by atoms with Gasteiger partial charge in [0, 0.05) is 32.0 Å². The Labute approximate surface area is 114 Å². The molecule has 3 aromatic rings. The van der Waals surface area contributed by atoms with Gasteiger partial charge in [-0.2, -0.15) is 6.07 Å². The third kappa shape index (κ3) is 2.04. The maximum Gasteiger partial charge on any atom is 0.0455 e. The minimum atomic E-state index is 0. The summed E-state index contributed by atoms with van der Waals surface area (Å²) in [5, 5.41) is 0.